The number of methoxy groups -OCH3 is 1. The van der Waals surface area contributed by atoms with E-state index in [1.165, 1.54) is 0 Å². The van der Waals surface area contributed by atoms with E-state index in [-0.39, 0.29) is 6.17 Å². The van der Waals surface area contributed by atoms with E-state index < -0.39 is 0 Å². The van der Waals surface area contributed by atoms with Gasteiger partial charge in [-0.3, -0.25) is 10.00 Å². The zero-order chi connectivity index (χ0) is 13.0. The molecule has 0 bridgehead atoms. The Hall–Kier alpha value is -2.01. The van der Waals surface area contributed by atoms with Crippen LogP contribution in [0.15, 0.2) is 36.7 Å². The predicted molar refractivity (Wildman–Crippen MR) is 69.1 cm³/mol. The van der Waals surface area contributed by atoms with Crippen LogP contribution in [0.3, 0.4) is 0 Å². The van der Waals surface area contributed by atoms with Crippen LogP contribution in [0, 0.1) is 0 Å². The van der Waals surface area contributed by atoms with Crippen LogP contribution >= 0.6 is 0 Å². The summed E-state index contributed by atoms with van der Waals surface area (Å²) >= 11 is 0. The third-order valence-corrected chi connectivity index (χ3v) is 2.69. The summed E-state index contributed by atoms with van der Waals surface area (Å²) < 4.78 is 12.8. The fourth-order valence-electron chi connectivity index (χ4n) is 1.55. The largest absolute Gasteiger partial charge is 0.493 e. The molecule has 1 aromatic carbocycles. The fourth-order valence-corrected chi connectivity index (χ4v) is 1.55. The number of hydrogen-bond donors (Lipinski definition) is 1. The highest BCUT2D eigenvalue weighted by Crippen LogP contribution is 2.30. The lowest BCUT2D eigenvalue weighted by molar-refractivity contribution is 0.377. The number of para-hydroxylation sites is 2. The number of nitrogens with one attached hydrogen (secondary N) is 1. The van der Waals surface area contributed by atoms with Crippen molar-refractivity contribution in [3.63, 3.8) is 0 Å². The number of ether oxygens (including phenoxy) is 2. The van der Waals surface area contributed by atoms with E-state index in [9.17, 15) is 0 Å². The Morgan fingerprint density at radius 1 is 1.28 bits per heavy atom. The van der Waals surface area contributed by atoms with Crippen LogP contribution in [0.1, 0.15) is 13.1 Å². The van der Waals surface area contributed by atoms with Crippen LogP contribution in [-0.2, 0) is 0 Å². The first-order valence-electron chi connectivity index (χ1n) is 5.77. The van der Waals surface area contributed by atoms with Gasteiger partial charge in [0.05, 0.1) is 25.7 Å². The molecular weight excluding hydrogens is 230 g/mol. The Kier molecular flexibility index (Phi) is 3.84. The topological polar surface area (TPSA) is 48.3 Å². The van der Waals surface area contributed by atoms with Crippen LogP contribution in [0.25, 0.3) is 0 Å². The number of rotatable bonds is 5. The monoisotopic (exact) mass is 247 g/mol. The van der Waals surface area contributed by atoms with Crippen LogP contribution in [0.5, 0.6) is 17.2 Å². The summed E-state index contributed by atoms with van der Waals surface area (Å²) in [6.45, 7) is 2.01. The summed E-state index contributed by atoms with van der Waals surface area (Å²) in [6, 6.07) is 7.52. The molecule has 2 aromatic rings. The summed E-state index contributed by atoms with van der Waals surface area (Å²) in [5, 5.41) is 7.33. The molecule has 1 unspecified atom stereocenters. The van der Waals surface area contributed by atoms with Crippen molar-refractivity contribution in [1.82, 2.24) is 15.1 Å². The van der Waals surface area contributed by atoms with Gasteiger partial charge in [0.1, 0.15) is 0 Å². The maximum atomic E-state index is 5.74. The lowest BCUT2D eigenvalue weighted by atomic mass is 10.3. The lowest BCUT2D eigenvalue weighted by Gasteiger charge is -2.10. The maximum absolute atomic E-state index is 5.74. The van der Waals surface area contributed by atoms with Gasteiger partial charge < -0.3 is 9.47 Å². The second-order valence-corrected chi connectivity index (χ2v) is 3.87. The molecule has 0 saturated heterocycles. The SMILES string of the molecule is CNC(C)n1cc(Oc2ccccc2OC)cn1. The zero-order valence-electron chi connectivity index (χ0n) is 10.8. The average Bonchev–Trinajstić information content (AvgIpc) is 2.87. The third kappa shape index (κ3) is 2.62. The molecular formula is C13H17N3O2. The number of hydrogen-bond acceptors (Lipinski definition) is 4. The van der Waals surface area contributed by atoms with Crippen molar-refractivity contribution in [3.05, 3.63) is 36.7 Å². The molecule has 1 atom stereocenters. The number of nitrogens with zero attached hydrogens (tertiary/aromatic N) is 2. The molecule has 96 valence electrons. The van der Waals surface area contributed by atoms with Gasteiger partial charge in [-0.15, -0.1) is 0 Å². The second kappa shape index (κ2) is 5.55. The minimum atomic E-state index is 0.125. The molecule has 1 N–H and O–H groups in total. The van der Waals surface area contributed by atoms with E-state index in [0.29, 0.717) is 17.2 Å². The quantitative estimate of drug-likeness (QED) is 0.881. The standard InChI is InChI=1S/C13H17N3O2/c1-10(14-2)16-9-11(8-15-16)18-13-7-5-4-6-12(13)17-3/h4-10,14H,1-3H3. The molecule has 1 heterocycles. The van der Waals surface area contributed by atoms with Gasteiger partial charge in [-0.25, -0.2) is 0 Å². The molecule has 0 amide bonds. The molecule has 2 rings (SSSR count). The summed E-state index contributed by atoms with van der Waals surface area (Å²) in [7, 11) is 3.50. The number of aromatic nitrogens is 2. The lowest BCUT2D eigenvalue weighted by Crippen LogP contribution is -2.19. The maximum Gasteiger partial charge on any atom is 0.169 e. The Bertz CT molecular complexity index is 510. The van der Waals surface area contributed by atoms with Gasteiger partial charge in [0, 0.05) is 0 Å². The minimum absolute atomic E-state index is 0.125. The fraction of sp³-hybridized carbons (Fsp3) is 0.308. The van der Waals surface area contributed by atoms with Crippen molar-refractivity contribution in [2.24, 2.45) is 0 Å². The van der Waals surface area contributed by atoms with Crippen LogP contribution in [0.4, 0.5) is 0 Å². The van der Waals surface area contributed by atoms with Crippen molar-refractivity contribution in [2.45, 2.75) is 13.1 Å². The van der Waals surface area contributed by atoms with Gasteiger partial charge in [-0.1, -0.05) is 12.1 Å². The summed E-state index contributed by atoms with van der Waals surface area (Å²) in [5.74, 6) is 2.06. The smallest absolute Gasteiger partial charge is 0.169 e. The Balaban J connectivity index is 2.16. The van der Waals surface area contributed by atoms with E-state index in [2.05, 4.69) is 10.4 Å². The van der Waals surface area contributed by atoms with Gasteiger partial charge in [0.25, 0.3) is 0 Å². The van der Waals surface area contributed by atoms with Crippen molar-refractivity contribution in [1.29, 1.82) is 0 Å². The van der Waals surface area contributed by atoms with Crippen molar-refractivity contribution in [2.75, 3.05) is 14.2 Å². The first-order chi connectivity index (χ1) is 8.74. The van der Waals surface area contributed by atoms with E-state index in [1.807, 2.05) is 44.4 Å². The van der Waals surface area contributed by atoms with E-state index >= 15 is 0 Å². The van der Waals surface area contributed by atoms with Crippen LogP contribution in [-0.4, -0.2) is 23.9 Å². The Labute approximate surface area is 106 Å². The molecule has 0 saturated carbocycles. The van der Waals surface area contributed by atoms with Crippen molar-refractivity contribution < 1.29 is 9.47 Å². The molecule has 0 aliphatic carbocycles. The van der Waals surface area contributed by atoms with Gasteiger partial charge >= 0.3 is 0 Å². The highest BCUT2D eigenvalue weighted by Gasteiger charge is 2.08. The molecule has 0 aliphatic rings. The van der Waals surface area contributed by atoms with Gasteiger partial charge in [-0.05, 0) is 26.1 Å². The second-order valence-electron chi connectivity index (χ2n) is 3.87. The van der Waals surface area contributed by atoms with Crippen LogP contribution < -0.4 is 14.8 Å². The number of benzene rings is 1. The molecule has 5 heteroatoms. The highest BCUT2D eigenvalue weighted by molar-refractivity contribution is 5.41. The highest BCUT2D eigenvalue weighted by atomic mass is 16.5. The molecule has 0 fully saturated rings. The minimum Gasteiger partial charge on any atom is -0.493 e. The molecule has 1 aromatic heterocycles. The normalized spacial score (nSPS) is 12.2. The predicted octanol–water partition coefficient (Wildman–Crippen LogP) is 2.42. The molecule has 18 heavy (non-hydrogen) atoms. The van der Waals surface area contributed by atoms with Crippen molar-refractivity contribution in [3.8, 4) is 17.2 Å². The molecule has 0 spiro atoms. The van der Waals surface area contributed by atoms with E-state index in [1.54, 1.807) is 18.0 Å². The third-order valence-electron chi connectivity index (χ3n) is 2.69. The zero-order valence-corrected chi connectivity index (χ0v) is 10.8. The average molecular weight is 247 g/mol. The van der Waals surface area contributed by atoms with Gasteiger partial charge in [-0.2, -0.15) is 5.10 Å². The first-order valence-corrected chi connectivity index (χ1v) is 5.77. The Morgan fingerprint density at radius 2 is 2.00 bits per heavy atom. The van der Waals surface area contributed by atoms with E-state index in [0.717, 1.165) is 0 Å². The summed E-state index contributed by atoms with van der Waals surface area (Å²) in [6.07, 6.45) is 3.65. The molecule has 0 aliphatic heterocycles. The van der Waals surface area contributed by atoms with E-state index in [4.69, 9.17) is 9.47 Å². The molecule has 5 nitrogen and oxygen atoms in total. The van der Waals surface area contributed by atoms with Crippen LogP contribution in [0.2, 0.25) is 0 Å². The van der Waals surface area contributed by atoms with Gasteiger partial charge in [0.2, 0.25) is 0 Å². The summed E-state index contributed by atoms with van der Waals surface area (Å²) in [4.78, 5) is 0. The summed E-state index contributed by atoms with van der Waals surface area (Å²) in [5.41, 5.74) is 0. The van der Waals surface area contributed by atoms with Gasteiger partial charge in [0.15, 0.2) is 17.2 Å². The van der Waals surface area contributed by atoms with Crippen molar-refractivity contribution >= 4 is 0 Å². The Morgan fingerprint density at radius 3 is 2.67 bits per heavy atom. The first kappa shape index (κ1) is 12.4. The molecule has 0 radical (unpaired) electrons.